The molecule has 31 heavy (non-hydrogen) atoms. The maximum atomic E-state index is 12.2. The van der Waals surface area contributed by atoms with Crippen LogP contribution in [-0.2, 0) is 0 Å². The van der Waals surface area contributed by atoms with E-state index in [1.54, 1.807) is 36.4 Å². The Bertz CT molecular complexity index is 1160. The van der Waals surface area contributed by atoms with Gasteiger partial charge >= 0.3 is 0 Å². The Labute approximate surface area is 180 Å². The third kappa shape index (κ3) is 4.15. The third-order valence-corrected chi connectivity index (χ3v) is 5.38. The van der Waals surface area contributed by atoms with Gasteiger partial charge in [0.15, 0.2) is 5.78 Å². The molecule has 1 heterocycles. The Morgan fingerprint density at radius 3 is 2.55 bits per heavy atom. The minimum Gasteiger partial charge on any atom is -0.492 e. The standard InChI is InChI=1S/C25H22N2O4/c1-15-22(10-9-20-21(28)11-12-30-23(15)20)31-24(19-4-2-3-16(13-19)14-26)17-5-7-18(8-6-17)25(27)29/h2-10,13,24-25,29H,11-12,27H2,1H3/t24-,25+/m0/s1. The summed E-state index contributed by atoms with van der Waals surface area (Å²) in [6.07, 6.45) is -1.21. The average molecular weight is 414 g/mol. The highest BCUT2D eigenvalue weighted by Crippen LogP contribution is 2.38. The largest absolute Gasteiger partial charge is 0.492 e. The lowest BCUT2D eigenvalue weighted by molar-refractivity contribution is 0.0932. The number of carbonyl (C=O) groups is 1. The molecule has 3 aromatic carbocycles. The van der Waals surface area contributed by atoms with Crippen LogP contribution in [0.3, 0.4) is 0 Å². The summed E-state index contributed by atoms with van der Waals surface area (Å²) in [6.45, 7) is 2.22. The number of aliphatic hydroxyl groups is 1. The lowest BCUT2D eigenvalue weighted by atomic mass is 9.97. The van der Waals surface area contributed by atoms with Crippen molar-refractivity contribution in [3.63, 3.8) is 0 Å². The summed E-state index contributed by atoms with van der Waals surface area (Å²) in [5.74, 6) is 1.20. The fourth-order valence-corrected chi connectivity index (χ4v) is 3.68. The summed E-state index contributed by atoms with van der Waals surface area (Å²) in [4.78, 5) is 12.2. The van der Waals surface area contributed by atoms with E-state index in [4.69, 9.17) is 15.2 Å². The SMILES string of the molecule is Cc1c(O[C@@H](c2ccc([C@H](N)O)cc2)c2cccc(C#N)c2)ccc2c1OCCC2=O. The quantitative estimate of drug-likeness (QED) is 0.613. The molecule has 0 saturated carbocycles. The molecule has 3 aromatic rings. The predicted octanol–water partition coefficient (Wildman–Crippen LogP) is 3.95. The molecule has 0 bridgehead atoms. The van der Waals surface area contributed by atoms with Gasteiger partial charge in [0.2, 0.25) is 0 Å². The van der Waals surface area contributed by atoms with Crippen molar-refractivity contribution >= 4 is 5.78 Å². The van der Waals surface area contributed by atoms with Gasteiger partial charge in [-0.15, -0.1) is 0 Å². The Morgan fingerprint density at radius 2 is 1.84 bits per heavy atom. The van der Waals surface area contributed by atoms with Crippen molar-refractivity contribution in [3.05, 3.63) is 94.0 Å². The van der Waals surface area contributed by atoms with Crippen LogP contribution in [0.15, 0.2) is 60.7 Å². The third-order valence-electron chi connectivity index (χ3n) is 5.38. The normalized spacial score (nSPS) is 14.7. The van der Waals surface area contributed by atoms with Crippen LogP contribution in [0.4, 0.5) is 0 Å². The molecule has 156 valence electrons. The first-order valence-corrected chi connectivity index (χ1v) is 9.97. The van der Waals surface area contributed by atoms with E-state index in [2.05, 4.69) is 6.07 Å². The van der Waals surface area contributed by atoms with Crippen LogP contribution in [0.2, 0.25) is 0 Å². The number of nitrogens with two attached hydrogens (primary N) is 1. The smallest absolute Gasteiger partial charge is 0.170 e. The number of rotatable bonds is 5. The van der Waals surface area contributed by atoms with Crippen molar-refractivity contribution in [2.45, 2.75) is 25.7 Å². The Kier molecular flexibility index (Phi) is 5.72. The number of ether oxygens (including phenoxy) is 2. The van der Waals surface area contributed by atoms with Crippen molar-refractivity contribution in [1.29, 1.82) is 5.26 Å². The maximum absolute atomic E-state index is 12.2. The topological polar surface area (TPSA) is 106 Å². The van der Waals surface area contributed by atoms with Gasteiger partial charge in [-0.2, -0.15) is 5.26 Å². The zero-order valence-corrected chi connectivity index (χ0v) is 17.0. The Hall–Kier alpha value is -3.66. The maximum Gasteiger partial charge on any atom is 0.170 e. The fourth-order valence-electron chi connectivity index (χ4n) is 3.68. The summed E-state index contributed by atoms with van der Waals surface area (Å²) in [7, 11) is 0. The monoisotopic (exact) mass is 414 g/mol. The van der Waals surface area contributed by atoms with Crippen LogP contribution in [0.1, 0.15) is 56.9 Å². The van der Waals surface area contributed by atoms with Gasteiger partial charge in [-0.25, -0.2) is 0 Å². The van der Waals surface area contributed by atoms with E-state index in [0.29, 0.717) is 41.2 Å². The summed E-state index contributed by atoms with van der Waals surface area (Å²) in [6, 6.07) is 20.0. The summed E-state index contributed by atoms with van der Waals surface area (Å²) in [5, 5.41) is 18.9. The first-order chi connectivity index (χ1) is 15.0. The number of Topliss-reactive ketones (excluding diaryl/α,β-unsaturated/α-hetero) is 1. The lowest BCUT2D eigenvalue weighted by Crippen LogP contribution is -2.17. The van der Waals surface area contributed by atoms with Gasteiger partial charge in [0.1, 0.15) is 23.8 Å². The highest BCUT2D eigenvalue weighted by molar-refractivity contribution is 6.00. The number of aliphatic hydroxyl groups excluding tert-OH is 1. The van der Waals surface area contributed by atoms with Gasteiger partial charge < -0.3 is 20.3 Å². The molecule has 0 aliphatic carbocycles. The molecule has 4 rings (SSSR count). The van der Waals surface area contributed by atoms with Crippen molar-refractivity contribution in [2.24, 2.45) is 5.73 Å². The molecule has 0 aromatic heterocycles. The van der Waals surface area contributed by atoms with Crippen LogP contribution in [0, 0.1) is 18.3 Å². The van der Waals surface area contributed by atoms with Crippen molar-refractivity contribution < 1.29 is 19.4 Å². The van der Waals surface area contributed by atoms with Crippen molar-refractivity contribution in [1.82, 2.24) is 0 Å². The molecule has 6 nitrogen and oxygen atoms in total. The summed E-state index contributed by atoms with van der Waals surface area (Å²) in [5.41, 5.74) is 9.62. The predicted molar refractivity (Wildman–Crippen MR) is 115 cm³/mol. The molecule has 3 N–H and O–H groups in total. The summed E-state index contributed by atoms with van der Waals surface area (Å²) >= 11 is 0. The van der Waals surface area contributed by atoms with E-state index in [0.717, 1.165) is 16.7 Å². The van der Waals surface area contributed by atoms with Gasteiger partial charge in [0.25, 0.3) is 0 Å². The van der Waals surface area contributed by atoms with Gasteiger partial charge in [-0.05, 0) is 47.9 Å². The molecular weight excluding hydrogens is 392 g/mol. The number of nitriles is 1. The van der Waals surface area contributed by atoms with Gasteiger partial charge in [-0.1, -0.05) is 36.4 Å². The number of hydrogen-bond donors (Lipinski definition) is 2. The van der Waals surface area contributed by atoms with E-state index >= 15 is 0 Å². The van der Waals surface area contributed by atoms with E-state index < -0.39 is 12.3 Å². The summed E-state index contributed by atoms with van der Waals surface area (Å²) < 4.78 is 12.2. The van der Waals surface area contributed by atoms with E-state index in [9.17, 15) is 15.2 Å². The molecule has 0 fully saturated rings. The number of ketones is 1. The van der Waals surface area contributed by atoms with Crippen LogP contribution in [-0.4, -0.2) is 17.5 Å². The van der Waals surface area contributed by atoms with Crippen LogP contribution >= 0.6 is 0 Å². The highest BCUT2D eigenvalue weighted by atomic mass is 16.5. The molecule has 0 spiro atoms. The van der Waals surface area contributed by atoms with Gasteiger partial charge in [-0.3, -0.25) is 4.79 Å². The molecular formula is C25H22N2O4. The highest BCUT2D eigenvalue weighted by Gasteiger charge is 2.24. The number of carbonyl (C=O) groups excluding carboxylic acids is 1. The zero-order chi connectivity index (χ0) is 22.0. The second-order valence-corrected chi connectivity index (χ2v) is 7.43. The Balaban J connectivity index is 1.76. The van der Waals surface area contributed by atoms with Gasteiger partial charge in [0.05, 0.1) is 23.8 Å². The molecule has 0 radical (unpaired) electrons. The number of nitrogens with zero attached hydrogens (tertiary/aromatic N) is 1. The van der Waals surface area contributed by atoms with Gasteiger partial charge in [0, 0.05) is 12.0 Å². The number of fused-ring (bicyclic) bond motifs is 1. The molecule has 2 atom stereocenters. The van der Waals surface area contributed by atoms with Crippen molar-refractivity contribution in [2.75, 3.05) is 6.61 Å². The first-order valence-electron chi connectivity index (χ1n) is 9.97. The van der Waals surface area contributed by atoms with E-state index in [1.165, 1.54) is 0 Å². The van der Waals surface area contributed by atoms with Crippen LogP contribution in [0.25, 0.3) is 0 Å². The van der Waals surface area contributed by atoms with E-state index in [-0.39, 0.29) is 5.78 Å². The lowest BCUT2D eigenvalue weighted by Gasteiger charge is -2.25. The molecule has 0 amide bonds. The second-order valence-electron chi connectivity index (χ2n) is 7.43. The average Bonchev–Trinajstić information content (AvgIpc) is 2.79. The number of hydrogen-bond acceptors (Lipinski definition) is 6. The zero-order valence-electron chi connectivity index (χ0n) is 17.0. The fraction of sp³-hybridized carbons (Fsp3) is 0.200. The molecule has 1 aliphatic heterocycles. The molecule has 0 unspecified atom stereocenters. The minimum atomic E-state index is -1.06. The van der Waals surface area contributed by atoms with Crippen LogP contribution < -0.4 is 15.2 Å². The second kappa shape index (κ2) is 8.60. The van der Waals surface area contributed by atoms with Crippen LogP contribution in [0.5, 0.6) is 11.5 Å². The minimum absolute atomic E-state index is 0.0603. The van der Waals surface area contributed by atoms with Crippen molar-refractivity contribution in [3.8, 4) is 17.6 Å². The first kappa shape index (κ1) is 20.6. The molecule has 0 saturated heterocycles. The van der Waals surface area contributed by atoms with E-state index in [1.807, 2.05) is 31.2 Å². The number of benzene rings is 3. The Morgan fingerprint density at radius 1 is 1.10 bits per heavy atom. The molecule has 6 heteroatoms. The molecule has 1 aliphatic rings.